The van der Waals surface area contributed by atoms with E-state index in [0.717, 1.165) is 25.0 Å². The fraction of sp³-hybridized carbons (Fsp3) is 0.643. The molecule has 0 aromatic carbocycles. The zero-order chi connectivity index (χ0) is 15.5. The maximum Gasteiger partial charge on any atom is 0.416 e. The predicted molar refractivity (Wildman–Crippen MR) is 75.5 cm³/mol. The molecule has 0 aliphatic carbocycles. The summed E-state index contributed by atoms with van der Waals surface area (Å²) in [6.07, 6.45) is -2.84. The SMILES string of the molecule is CCCNc1cc(C(F)(F)F)cc(NC2(C)CCOC2)n1. The Kier molecular flexibility index (Phi) is 4.61. The zero-order valence-electron chi connectivity index (χ0n) is 12.2. The maximum absolute atomic E-state index is 13.0. The molecule has 21 heavy (non-hydrogen) atoms. The number of ether oxygens (including phenoxy) is 1. The van der Waals surface area contributed by atoms with E-state index < -0.39 is 11.7 Å². The Bertz CT molecular complexity index is 485. The van der Waals surface area contributed by atoms with Gasteiger partial charge in [0.05, 0.1) is 17.7 Å². The highest BCUT2D eigenvalue weighted by atomic mass is 19.4. The third kappa shape index (κ3) is 4.23. The highest BCUT2D eigenvalue weighted by molar-refractivity contribution is 5.51. The van der Waals surface area contributed by atoms with E-state index in [0.29, 0.717) is 19.8 Å². The van der Waals surface area contributed by atoms with Crippen molar-refractivity contribution >= 4 is 11.6 Å². The Balaban J connectivity index is 2.26. The highest BCUT2D eigenvalue weighted by Gasteiger charge is 2.34. The number of nitrogens with one attached hydrogen (secondary N) is 2. The van der Waals surface area contributed by atoms with Crippen molar-refractivity contribution in [1.29, 1.82) is 0 Å². The number of alkyl halides is 3. The van der Waals surface area contributed by atoms with E-state index in [9.17, 15) is 13.2 Å². The van der Waals surface area contributed by atoms with Crippen molar-refractivity contribution in [3.8, 4) is 0 Å². The Labute approximate surface area is 122 Å². The highest BCUT2D eigenvalue weighted by Crippen LogP contribution is 2.33. The van der Waals surface area contributed by atoms with Crippen LogP contribution in [0.2, 0.25) is 0 Å². The van der Waals surface area contributed by atoms with Gasteiger partial charge in [-0.05, 0) is 31.9 Å². The minimum atomic E-state index is -4.39. The van der Waals surface area contributed by atoms with Gasteiger partial charge < -0.3 is 15.4 Å². The van der Waals surface area contributed by atoms with Gasteiger partial charge >= 0.3 is 6.18 Å². The van der Waals surface area contributed by atoms with E-state index in [1.807, 2.05) is 13.8 Å². The lowest BCUT2D eigenvalue weighted by Crippen LogP contribution is -2.35. The molecule has 1 aromatic rings. The molecule has 0 bridgehead atoms. The molecule has 0 radical (unpaired) electrons. The first-order valence-electron chi connectivity index (χ1n) is 7.01. The summed E-state index contributed by atoms with van der Waals surface area (Å²) in [5, 5.41) is 5.97. The maximum atomic E-state index is 13.0. The van der Waals surface area contributed by atoms with Crippen molar-refractivity contribution in [3.05, 3.63) is 17.7 Å². The van der Waals surface area contributed by atoms with Gasteiger partial charge in [0.25, 0.3) is 0 Å². The van der Waals surface area contributed by atoms with Crippen LogP contribution in [-0.2, 0) is 10.9 Å². The third-order valence-corrected chi connectivity index (χ3v) is 3.36. The first kappa shape index (κ1) is 15.9. The standard InChI is InChI=1S/C14H20F3N3O/c1-3-5-18-11-7-10(14(15,16)17)8-12(19-11)20-13(2)4-6-21-9-13/h7-8H,3-6,9H2,1-2H3,(H2,18,19,20). The smallest absolute Gasteiger partial charge is 0.379 e. The van der Waals surface area contributed by atoms with Crippen molar-refractivity contribution in [2.45, 2.75) is 38.4 Å². The monoisotopic (exact) mass is 303 g/mol. The van der Waals surface area contributed by atoms with E-state index in [-0.39, 0.29) is 17.2 Å². The Morgan fingerprint density at radius 2 is 2.05 bits per heavy atom. The number of hydrogen-bond acceptors (Lipinski definition) is 4. The second kappa shape index (κ2) is 6.09. The molecule has 1 saturated heterocycles. The van der Waals surface area contributed by atoms with E-state index in [1.165, 1.54) is 0 Å². The van der Waals surface area contributed by atoms with Crippen molar-refractivity contribution < 1.29 is 17.9 Å². The summed E-state index contributed by atoms with van der Waals surface area (Å²) < 4.78 is 44.2. The fourth-order valence-electron chi connectivity index (χ4n) is 2.18. The summed E-state index contributed by atoms with van der Waals surface area (Å²) in [4.78, 5) is 4.22. The number of rotatable bonds is 5. The number of nitrogens with zero attached hydrogens (tertiary/aromatic N) is 1. The lowest BCUT2D eigenvalue weighted by molar-refractivity contribution is -0.137. The molecule has 1 aromatic heterocycles. The molecule has 1 aliphatic rings. The van der Waals surface area contributed by atoms with Crippen LogP contribution >= 0.6 is 0 Å². The molecule has 0 saturated carbocycles. The molecule has 1 fully saturated rings. The van der Waals surface area contributed by atoms with E-state index in [1.54, 1.807) is 0 Å². The summed E-state index contributed by atoms with van der Waals surface area (Å²) in [5.41, 5.74) is -1.08. The van der Waals surface area contributed by atoms with Crippen LogP contribution in [0.25, 0.3) is 0 Å². The third-order valence-electron chi connectivity index (χ3n) is 3.36. The molecular formula is C14H20F3N3O. The van der Waals surface area contributed by atoms with Crippen molar-refractivity contribution in [1.82, 2.24) is 4.98 Å². The van der Waals surface area contributed by atoms with Gasteiger partial charge in [0.1, 0.15) is 11.6 Å². The van der Waals surface area contributed by atoms with Crippen LogP contribution in [0.1, 0.15) is 32.3 Å². The fourth-order valence-corrected chi connectivity index (χ4v) is 2.18. The number of aromatic nitrogens is 1. The first-order valence-corrected chi connectivity index (χ1v) is 7.01. The second-order valence-corrected chi connectivity index (χ2v) is 5.54. The van der Waals surface area contributed by atoms with Gasteiger partial charge in [0.15, 0.2) is 0 Å². The summed E-state index contributed by atoms with van der Waals surface area (Å²) in [6, 6.07) is 2.08. The Morgan fingerprint density at radius 1 is 1.33 bits per heavy atom. The van der Waals surface area contributed by atoms with Crippen molar-refractivity contribution in [2.75, 3.05) is 30.4 Å². The molecule has 0 amide bonds. The predicted octanol–water partition coefficient (Wildman–Crippen LogP) is 3.51. The number of pyridine rings is 1. The van der Waals surface area contributed by atoms with Gasteiger partial charge in [-0.25, -0.2) is 4.98 Å². The van der Waals surface area contributed by atoms with E-state index >= 15 is 0 Å². The van der Waals surface area contributed by atoms with E-state index in [2.05, 4.69) is 15.6 Å². The molecule has 1 atom stereocenters. The normalized spacial score (nSPS) is 22.3. The zero-order valence-corrected chi connectivity index (χ0v) is 12.2. The molecule has 1 unspecified atom stereocenters. The summed E-state index contributed by atoms with van der Waals surface area (Å²) in [7, 11) is 0. The molecule has 0 spiro atoms. The molecular weight excluding hydrogens is 283 g/mol. The van der Waals surface area contributed by atoms with E-state index in [4.69, 9.17) is 4.74 Å². The molecule has 1 aliphatic heterocycles. The van der Waals surface area contributed by atoms with Crippen LogP contribution in [0.3, 0.4) is 0 Å². The van der Waals surface area contributed by atoms with Crippen molar-refractivity contribution in [3.63, 3.8) is 0 Å². The lowest BCUT2D eigenvalue weighted by atomic mass is 10.0. The van der Waals surface area contributed by atoms with Gasteiger partial charge in [0, 0.05) is 13.2 Å². The van der Waals surface area contributed by atoms with Crippen LogP contribution in [0, 0.1) is 0 Å². The minimum Gasteiger partial charge on any atom is -0.379 e. The second-order valence-electron chi connectivity index (χ2n) is 5.54. The Morgan fingerprint density at radius 3 is 2.62 bits per heavy atom. The molecule has 4 nitrogen and oxygen atoms in total. The van der Waals surface area contributed by atoms with Crippen LogP contribution < -0.4 is 10.6 Å². The Hall–Kier alpha value is -1.50. The number of hydrogen-bond donors (Lipinski definition) is 2. The quantitative estimate of drug-likeness (QED) is 0.874. The first-order chi connectivity index (χ1) is 9.82. The minimum absolute atomic E-state index is 0.219. The number of halogens is 3. The summed E-state index contributed by atoms with van der Waals surface area (Å²) in [6.45, 7) is 5.50. The number of anilines is 2. The van der Waals surface area contributed by atoms with Gasteiger partial charge in [0.2, 0.25) is 0 Å². The van der Waals surface area contributed by atoms with Gasteiger partial charge in [-0.3, -0.25) is 0 Å². The molecule has 2 N–H and O–H groups in total. The molecule has 2 heterocycles. The van der Waals surface area contributed by atoms with Crippen molar-refractivity contribution in [2.24, 2.45) is 0 Å². The van der Waals surface area contributed by atoms with Gasteiger partial charge in [-0.15, -0.1) is 0 Å². The molecule has 7 heteroatoms. The lowest BCUT2D eigenvalue weighted by Gasteiger charge is -2.25. The topological polar surface area (TPSA) is 46.2 Å². The average molecular weight is 303 g/mol. The van der Waals surface area contributed by atoms with Crippen LogP contribution in [0.4, 0.5) is 24.8 Å². The summed E-state index contributed by atoms with van der Waals surface area (Å²) in [5.74, 6) is 0.452. The van der Waals surface area contributed by atoms with Crippen LogP contribution in [0.15, 0.2) is 12.1 Å². The summed E-state index contributed by atoms with van der Waals surface area (Å²) >= 11 is 0. The van der Waals surface area contributed by atoms with Gasteiger partial charge in [-0.2, -0.15) is 13.2 Å². The largest absolute Gasteiger partial charge is 0.416 e. The van der Waals surface area contributed by atoms with Crippen LogP contribution in [-0.4, -0.2) is 30.3 Å². The molecule has 118 valence electrons. The average Bonchev–Trinajstić information content (AvgIpc) is 2.81. The molecule has 2 rings (SSSR count). The van der Waals surface area contributed by atoms with Crippen LogP contribution in [0.5, 0.6) is 0 Å². The van der Waals surface area contributed by atoms with Gasteiger partial charge in [-0.1, -0.05) is 6.92 Å².